The highest BCUT2D eigenvalue weighted by molar-refractivity contribution is 9.10. The van der Waals surface area contributed by atoms with E-state index >= 15 is 0 Å². The molecule has 0 aliphatic rings. The van der Waals surface area contributed by atoms with E-state index in [1.54, 1.807) is 12.1 Å². The Labute approximate surface area is 125 Å². The number of benzene rings is 1. The third-order valence-electron chi connectivity index (χ3n) is 2.32. The van der Waals surface area contributed by atoms with Crippen LogP contribution in [0.25, 0.3) is 0 Å². The Hall–Kier alpha value is -0.0000000000000000555. The monoisotopic (exact) mass is 349 g/mol. The Morgan fingerprint density at radius 3 is 2.56 bits per heavy atom. The van der Waals surface area contributed by atoms with E-state index < -0.39 is 11.4 Å². The molecule has 100 valence electrons. The van der Waals surface area contributed by atoms with E-state index in [4.69, 9.17) is 11.6 Å². The summed E-state index contributed by atoms with van der Waals surface area (Å²) in [5.41, 5.74) is 0.965. The quantitative estimate of drug-likeness (QED) is 0.646. The lowest BCUT2D eigenvalue weighted by Crippen LogP contribution is -2.40. The zero-order chi connectivity index (χ0) is 13.9. The number of rotatable bonds is 4. The molecule has 0 fully saturated rings. The van der Waals surface area contributed by atoms with Crippen LogP contribution in [0.5, 0.6) is 0 Å². The van der Waals surface area contributed by atoms with Crippen molar-refractivity contribution in [2.75, 3.05) is 0 Å². The Bertz CT molecular complexity index is 433. The molecule has 2 atom stereocenters. The van der Waals surface area contributed by atoms with Gasteiger partial charge in [0.15, 0.2) is 0 Å². The lowest BCUT2D eigenvalue weighted by atomic mass is 10.1. The molecule has 0 saturated carbocycles. The molecule has 2 nitrogen and oxygen atoms in total. The first-order valence-electron chi connectivity index (χ1n) is 5.51. The van der Waals surface area contributed by atoms with Gasteiger partial charge in [-0.25, -0.2) is 0 Å². The van der Waals surface area contributed by atoms with Gasteiger partial charge in [-0.15, -0.1) is 11.3 Å². The van der Waals surface area contributed by atoms with Gasteiger partial charge < -0.3 is 4.55 Å². The van der Waals surface area contributed by atoms with E-state index in [0.29, 0.717) is 5.02 Å². The molecule has 0 heterocycles. The normalized spacial score (nSPS) is 15.2. The summed E-state index contributed by atoms with van der Waals surface area (Å²) in [6, 6.07) is 5.33. The van der Waals surface area contributed by atoms with Gasteiger partial charge in [0.1, 0.15) is 4.75 Å². The van der Waals surface area contributed by atoms with E-state index in [9.17, 15) is 4.55 Å². The van der Waals surface area contributed by atoms with Gasteiger partial charge in [-0.3, -0.25) is 0 Å². The molecule has 1 unspecified atom stereocenters. The summed E-state index contributed by atoms with van der Waals surface area (Å²) >= 11 is 8.21. The van der Waals surface area contributed by atoms with Gasteiger partial charge in [-0.2, -0.15) is 0 Å². The SMILES string of the molecule is C=C[C@H](N[S+]([O-])C(C)(C)C)c1ccc(Cl)cc1Br. The highest BCUT2D eigenvalue weighted by Crippen LogP contribution is 2.29. The number of halogens is 2. The van der Waals surface area contributed by atoms with E-state index in [-0.39, 0.29) is 10.8 Å². The summed E-state index contributed by atoms with van der Waals surface area (Å²) in [7, 11) is 0. The minimum Gasteiger partial charge on any atom is -0.598 e. The van der Waals surface area contributed by atoms with Crippen LogP contribution in [0.1, 0.15) is 32.4 Å². The first-order chi connectivity index (χ1) is 8.25. The Morgan fingerprint density at radius 1 is 1.50 bits per heavy atom. The Balaban J connectivity index is 2.93. The van der Waals surface area contributed by atoms with Gasteiger partial charge in [0.25, 0.3) is 0 Å². The second kappa shape index (κ2) is 6.44. The van der Waals surface area contributed by atoms with E-state index in [0.717, 1.165) is 10.0 Å². The average Bonchev–Trinajstić information content (AvgIpc) is 2.25. The molecule has 0 amide bonds. The van der Waals surface area contributed by atoms with Crippen LogP contribution < -0.4 is 4.72 Å². The summed E-state index contributed by atoms with van der Waals surface area (Å²) in [5, 5.41) is 0.658. The fourth-order valence-electron chi connectivity index (χ4n) is 1.28. The van der Waals surface area contributed by atoms with Gasteiger partial charge in [0.05, 0.1) is 6.04 Å². The zero-order valence-electron chi connectivity index (χ0n) is 10.7. The summed E-state index contributed by atoms with van der Waals surface area (Å²) in [5.74, 6) is 0. The number of hydrogen-bond donors (Lipinski definition) is 1. The van der Waals surface area contributed by atoms with Crippen molar-refractivity contribution in [2.45, 2.75) is 31.6 Å². The van der Waals surface area contributed by atoms with Crippen LogP contribution in [-0.2, 0) is 11.4 Å². The molecule has 1 aromatic carbocycles. The first kappa shape index (κ1) is 16.1. The molecule has 1 aromatic rings. The van der Waals surface area contributed by atoms with Gasteiger partial charge in [-0.05, 0) is 38.5 Å². The topological polar surface area (TPSA) is 35.1 Å². The molecule has 0 spiro atoms. The number of nitrogens with one attached hydrogen (secondary N) is 1. The second-order valence-electron chi connectivity index (χ2n) is 4.88. The molecular formula is C13H17BrClNOS. The van der Waals surface area contributed by atoms with Crippen molar-refractivity contribution in [1.29, 1.82) is 0 Å². The molecule has 18 heavy (non-hydrogen) atoms. The predicted molar refractivity (Wildman–Crippen MR) is 83.1 cm³/mol. The van der Waals surface area contributed by atoms with Crippen molar-refractivity contribution in [1.82, 2.24) is 4.72 Å². The first-order valence-corrected chi connectivity index (χ1v) is 7.83. The fourth-order valence-corrected chi connectivity index (χ4v) is 3.02. The highest BCUT2D eigenvalue weighted by atomic mass is 79.9. The standard InChI is InChI=1S/C13H17BrClNOS/c1-5-12(16-18(17)13(2,3)4)10-7-6-9(15)8-11(10)14/h5-8,12,16H,1H2,2-4H3/t12-,18?/m0/s1. The second-order valence-corrected chi connectivity index (χ2v) is 8.17. The van der Waals surface area contributed by atoms with Gasteiger partial charge in [0.2, 0.25) is 0 Å². The molecule has 0 aliphatic carbocycles. The third-order valence-corrected chi connectivity index (χ3v) is 4.83. The van der Waals surface area contributed by atoms with Gasteiger partial charge in [0, 0.05) is 20.9 Å². The van der Waals surface area contributed by atoms with Crippen LogP contribution in [0.2, 0.25) is 5.02 Å². The van der Waals surface area contributed by atoms with Crippen molar-refractivity contribution in [3.63, 3.8) is 0 Å². The van der Waals surface area contributed by atoms with Crippen molar-refractivity contribution in [2.24, 2.45) is 0 Å². The van der Waals surface area contributed by atoms with E-state index in [2.05, 4.69) is 27.2 Å². The van der Waals surface area contributed by atoms with Gasteiger partial charge in [-0.1, -0.05) is 39.7 Å². The lowest BCUT2D eigenvalue weighted by molar-refractivity contribution is 0.537. The van der Waals surface area contributed by atoms with Crippen LogP contribution >= 0.6 is 27.5 Å². The molecule has 0 radical (unpaired) electrons. The molecule has 1 rings (SSSR count). The third kappa shape index (κ3) is 4.28. The maximum absolute atomic E-state index is 12.1. The molecule has 5 heteroatoms. The van der Waals surface area contributed by atoms with Crippen molar-refractivity contribution in [3.05, 3.63) is 45.9 Å². The summed E-state index contributed by atoms with van der Waals surface area (Å²) in [4.78, 5) is 0. The maximum Gasteiger partial charge on any atom is 0.136 e. The fraction of sp³-hybridized carbons (Fsp3) is 0.385. The maximum atomic E-state index is 12.1. The van der Waals surface area contributed by atoms with E-state index in [1.165, 1.54) is 0 Å². The minimum atomic E-state index is -1.16. The molecule has 0 saturated heterocycles. The van der Waals surface area contributed by atoms with Crippen LogP contribution in [0.3, 0.4) is 0 Å². The predicted octanol–water partition coefficient (Wildman–Crippen LogP) is 4.38. The molecule has 0 bridgehead atoms. The van der Waals surface area contributed by atoms with Gasteiger partial charge >= 0.3 is 0 Å². The number of hydrogen-bond acceptors (Lipinski definition) is 2. The lowest BCUT2D eigenvalue weighted by Gasteiger charge is -2.27. The Kier molecular flexibility index (Phi) is 5.74. The van der Waals surface area contributed by atoms with Crippen molar-refractivity contribution < 1.29 is 4.55 Å². The molecular weight excluding hydrogens is 334 g/mol. The average molecular weight is 351 g/mol. The largest absolute Gasteiger partial charge is 0.598 e. The van der Waals surface area contributed by atoms with Crippen LogP contribution in [0.4, 0.5) is 0 Å². The highest BCUT2D eigenvalue weighted by Gasteiger charge is 2.29. The minimum absolute atomic E-state index is 0.184. The summed E-state index contributed by atoms with van der Waals surface area (Å²) < 4.78 is 15.7. The molecule has 1 N–H and O–H groups in total. The molecule has 0 aromatic heterocycles. The van der Waals surface area contributed by atoms with Crippen LogP contribution in [0.15, 0.2) is 35.3 Å². The van der Waals surface area contributed by atoms with Crippen molar-refractivity contribution >= 4 is 38.9 Å². The smallest absolute Gasteiger partial charge is 0.136 e. The van der Waals surface area contributed by atoms with Crippen LogP contribution in [-0.4, -0.2) is 9.30 Å². The van der Waals surface area contributed by atoms with Crippen molar-refractivity contribution in [3.8, 4) is 0 Å². The Morgan fingerprint density at radius 2 is 2.11 bits per heavy atom. The molecule has 0 aliphatic heterocycles. The van der Waals surface area contributed by atoms with Crippen LogP contribution in [0, 0.1) is 0 Å². The summed E-state index contributed by atoms with van der Waals surface area (Å²) in [6.07, 6.45) is 1.73. The summed E-state index contributed by atoms with van der Waals surface area (Å²) in [6.45, 7) is 9.56. The van der Waals surface area contributed by atoms with E-state index in [1.807, 2.05) is 32.9 Å². The zero-order valence-corrected chi connectivity index (χ0v) is 13.8.